The molecule has 0 saturated carbocycles. The third-order valence-electron chi connectivity index (χ3n) is 3.30. The molecule has 8 nitrogen and oxygen atoms in total. The molecule has 0 saturated heterocycles. The summed E-state index contributed by atoms with van der Waals surface area (Å²) in [7, 11) is -4.16. The average molecular weight is 334 g/mol. The van der Waals surface area contributed by atoms with Crippen LogP contribution in [0.2, 0.25) is 0 Å². The molecule has 0 bridgehead atoms. The largest absolute Gasteiger partial charge is 0.434 e. The molecule has 0 atom stereocenters. The van der Waals surface area contributed by atoms with Crippen LogP contribution in [-0.2, 0) is 10.0 Å². The summed E-state index contributed by atoms with van der Waals surface area (Å²) in [6, 6.07) is 9.25. The van der Waals surface area contributed by atoms with Crippen molar-refractivity contribution in [2.24, 2.45) is 0 Å². The average Bonchev–Trinajstić information content (AvgIpc) is 2.83. The van der Waals surface area contributed by atoms with Gasteiger partial charge >= 0.3 is 5.76 Å². The van der Waals surface area contributed by atoms with Crippen LogP contribution in [0.4, 0.5) is 5.69 Å². The number of aromatic nitrogens is 1. The molecule has 118 valence electrons. The van der Waals surface area contributed by atoms with E-state index in [1.165, 1.54) is 18.2 Å². The van der Waals surface area contributed by atoms with Gasteiger partial charge in [-0.15, -0.1) is 0 Å². The van der Waals surface area contributed by atoms with Gasteiger partial charge in [-0.25, -0.2) is 13.2 Å². The van der Waals surface area contributed by atoms with Gasteiger partial charge in [0.25, 0.3) is 15.7 Å². The van der Waals surface area contributed by atoms with E-state index in [1.807, 2.05) is 0 Å². The van der Waals surface area contributed by atoms with Gasteiger partial charge in [0.2, 0.25) is 0 Å². The monoisotopic (exact) mass is 334 g/mol. The lowest BCUT2D eigenvalue weighted by Gasteiger charge is -2.05. The van der Waals surface area contributed by atoms with Gasteiger partial charge in [-0.2, -0.15) is 3.97 Å². The van der Waals surface area contributed by atoms with Crippen molar-refractivity contribution in [2.45, 2.75) is 11.8 Å². The van der Waals surface area contributed by atoms with Gasteiger partial charge in [0.15, 0.2) is 5.58 Å². The number of aryl methyl sites for hydroxylation is 1. The number of oxazole rings is 1. The van der Waals surface area contributed by atoms with Crippen molar-refractivity contribution < 1.29 is 17.8 Å². The highest BCUT2D eigenvalue weighted by atomic mass is 32.2. The van der Waals surface area contributed by atoms with E-state index in [1.54, 1.807) is 19.1 Å². The molecule has 0 unspecified atom stereocenters. The Hall–Kier alpha value is -2.94. The predicted octanol–water partition coefficient (Wildman–Crippen LogP) is 2.05. The molecule has 0 aliphatic carbocycles. The first kappa shape index (κ1) is 15.0. The van der Waals surface area contributed by atoms with E-state index in [0.717, 1.165) is 17.7 Å². The number of non-ortho nitro benzene ring substituents is 1. The number of nitro groups is 1. The number of hydrogen-bond donors (Lipinski definition) is 0. The molecule has 0 N–H and O–H groups in total. The molecule has 0 amide bonds. The molecule has 3 rings (SSSR count). The first-order chi connectivity index (χ1) is 10.8. The lowest BCUT2D eigenvalue weighted by molar-refractivity contribution is -0.384. The third kappa shape index (κ3) is 2.40. The van der Waals surface area contributed by atoms with E-state index in [9.17, 15) is 23.3 Å². The van der Waals surface area contributed by atoms with Crippen LogP contribution in [0.5, 0.6) is 0 Å². The second-order valence-electron chi connectivity index (χ2n) is 4.86. The lowest BCUT2D eigenvalue weighted by atomic mass is 10.2. The van der Waals surface area contributed by atoms with Crippen LogP contribution >= 0.6 is 0 Å². The second kappa shape index (κ2) is 5.06. The third-order valence-corrected chi connectivity index (χ3v) is 4.99. The Morgan fingerprint density at radius 3 is 2.39 bits per heavy atom. The van der Waals surface area contributed by atoms with Crippen LogP contribution in [0.3, 0.4) is 0 Å². The standard InChI is InChI=1S/C14H10N2O6S/c1-9-2-5-11(6-3-9)23(20,21)15-12-7-4-10(16(18)19)8-13(12)22-14(15)17/h2-8H,1H3. The molecule has 1 aromatic heterocycles. The van der Waals surface area contributed by atoms with Crippen LogP contribution in [-0.4, -0.2) is 17.3 Å². The van der Waals surface area contributed by atoms with E-state index in [-0.39, 0.29) is 21.7 Å². The second-order valence-corrected chi connectivity index (χ2v) is 6.65. The molecule has 23 heavy (non-hydrogen) atoms. The van der Waals surface area contributed by atoms with Crippen LogP contribution in [0, 0.1) is 17.0 Å². The van der Waals surface area contributed by atoms with Crippen LogP contribution < -0.4 is 5.76 Å². The predicted molar refractivity (Wildman–Crippen MR) is 80.9 cm³/mol. The van der Waals surface area contributed by atoms with Gasteiger partial charge in [0, 0.05) is 6.07 Å². The SMILES string of the molecule is Cc1ccc(S(=O)(=O)n2c(=O)oc3cc([N+](=O)[O-])ccc32)cc1. The first-order valence-electron chi connectivity index (χ1n) is 6.43. The van der Waals surface area contributed by atoms with E-state index in [4.69, 9.17) is 4.42 Å². The summed E-state index contributed by atoms with van der Waals surface area (Å²) in [4.78, 5) is 22.0. The summed E-state index contributed by atoms with van der Waals surface area (Å²) in [5, 5.41) is 10.7. The van der Waals surface area contributed by atoms with Crippen LogP contribution in [0.25, 0.3) is 11.1 Å². The van der Waals surface area contributed by atoms with Gasteiger partial charge in [-0.3, -0.25) is 10.1 Å². The molecular formula is C14H10N2O6S. The summed E-state index contributed by atoms with van der Waals surface area (Å²) in [5.74, 6) is -1.12. The quantitative estimate of drug-likeness (QED) is 0.535. The number of nitrogens with zero attached hydrogens (tertiary/aromatic N) is 2. The fraction of sp³-hybridized carbons (Fsp3) is 0.0714. The van der Waals surface area contributed by atoms with Gasteiger partial charge in [-0.05, 0) is 25.1 Å². The van der Waals surface area contributed by atoms with Gasteiger partial charge in [0.05, 0.1) is 15.9 Å². The zero-order valence-electron chi connectivity index (χ0n) is 11.8. The van der Waals surface area contributed by atoms with Gasteiger partial charge in [0.1, 0.15) is 5.52 Å². The van der Waals surface area contributed by atoms with Gasteiger partial charge < -0.3 is 4.42 Å². The number of rotatable bonds is 3. The summed E-state index contributed by atoms with van der Waals surface area (Å²) >= 11 is 0. The maximum Gasteiger partial charge on any atom is 0.434 e. The highest BCUT2D eigenvalue weighted by Crippen LogP contribution is 2.23. The van der Waals surface area contributed by atoms with E-state index >= 15 is 0 Å². The van der Waals surface area contributed by atoms with Crippen molar-refractivity contribution >= 4 is 26.8 Å². The number of nitro benzene ring substituents is 1. The molecule has 0 spiro atoms. The summed E-state index contributed by atoms with van der Waals surface area (Å²) in [5.41, 5.74) is 0.344. The Morgan fingerprint density at radius 1 is 1.13 bits per heavy atom. The van der Waals surface area contributed by atoms with E-state index < -0.39 is 20.7 Å². The van der Waals surface area contributed by atoms with Crippen molar-refractivity contribution in [3.63, 3.8) is 0 Å². The van der Waals surface area contributed by atoms with E-state index in [0.29, 0.717) is 3.97 Å². The van der Waals surface area contributed by atoms with Crippen molar-refractivity contribution in [3.05, 3.63) is 68.7 Å². The van der Waals surface area contributed by atoms with Crippen molar-refractivity contribution in [3.8, 4) is 0 Å². The first-order valence-corrected chi connectivity index (χ1v) is 7.87. The molecule has 9 heteroatoms. The van der Waals surface area contributed by atoms with Crippen LogP contribution in [0.1, 0.15) is 5.56 Å². The Kier molecular flexibility index (Phi) is 3.29. The number of benzene rings is 2. The number of hydrogen-bond acceptors (Lipinski definition) is 6. The minimum atomic E-state index is -4.16. The zero-order valence-corrected chi connectivity index (χ0v) is 12.6. The molecule has 0 aliphatic heterocycles. The molecule has 0 aliphatic rings. The molecule has 1 heterocycles. The molecule has 0 radical (unpaired) electrons. The summed E-state index contributed by atoms with van der Waals surface area (Å²) < 4.78 is 30.6. The number of fused-ring (bicyclic) bond motifs is 1. The highest BCUT2D eigenvalue weighted by molar-refractivity contribution is 7.90. The topological polar surface area (TPSA) is 112 Å². The Labute approximate surface area is 129 Å². The zero-order chi connectivity index (χ0) is 16.8. The molecule has 2 aromatic carbocycles. The Bertz CT molecular complexity index is 1080. The fourth-order valence-corrected chi connectivity index (χ4v) is 3.48. The minimum Gasteiger partial charge on any atom is -0.407 e. The van der Waals surface area contributed by atoms with Crippen molar-refractivity contribution in [1.29, 1.82) is 0 Å². The highest BCUT2D eigenvalue weighted by Gasteiger charge is 2.25. The van der Waals surface area contributed by atoms with Crippen LogP contribution in [0.15, 0.2) is 56.6 Å². The van der Waals surface area contributed by atoms with E-state index in [2.05, 4.69) is 0 Å². The van der Waals surface area contributed by atoms with Gasteiger partial charge in [-0.1, -0.05) is 17.7 Å². The molecule has 0 fully saturated rings. The molecular weight excluding hydrogens is 324 g/mol. The van der Waals surface area contributed by atoms with Crippen molar-refractivity contribution in [2.75, 3.05) is 0 Å². The maximum atomic E-state index is 12.6. The Morgan fingerprint density at radius 2 is 1.78 bits per heavy atom. The minimum absolute atomic E-state index is 0.0545. The Balaban J connectivity index is 2.27. The summed E-state index contributed by atoms with van der Waals surface area (Å²) in [6.45, 7) is 1.80. The maximum absolute atomic E-state index is 12.6. The normalized spacial score (nSPS) is 11.7. The lowest BCUT2D eigenvalue weighted by Crippen LogP contribution is -2.23. The fourth-order valence-electron chi connectivity index (χ4n) is 2.14. The molecule has 3 aromatic rings. The smallest absolute Gasteiger partial charge is 0.407 e. The van der Waals surface area contributed by atoms with Crippen molar-refractivity contribution in [1.82, 2.24) is 3.97 Å². The summed E-state index contributed by atoms with van der Waals surface area (Å²) in [6.07, 6.45) is 0.